The summed E-state index contributed by atoms with van der Waals surface area (Å²) >= 11 is 0. The van der Waals surface area contributed by atoms with E-state index in [4.69, 9.17) is 18.9 Å². The van der Waals surface area contributed by atoms with Crippen LogP contribution in [0.4, 0.5) is 0 Å². The number of pyridine rings is 1. The van der Waals surface area contributed by atoms with Gasteiger partial charge in [0.15, 0.2) is 28.8 Å². The molecule has 1 atom stereocenters. The van der Waals surface area contributed by atoms with E-state index in [0.29, 0.717) is 41.4 Å². The highest BCUT2D eigenvalue weighted by Gasteiger charge is 2.31. The van der Waals surface area contributed by atoms with Crippen molar-refractivity contribution in [1.29, 1.82) is 0 Å². The molecule has 40 heavy (non-hydrogen) atoms. The van der Waals surface area contributed by atoms with Crippen molar-refractivity contribution in [3.8, 4) is 23.0 Å². The number of methoxy groups -OCH3 is 2. The van der Waals surface area contributed by atoms with Gasteiger partial charge >= 0.3 is 0 Å². The monoisotopic (exact) mass is 548 g/mol. The number of aromatic amines is 1. The molecule has 0 fully saturated rings. The molecule has 1 aliphatic heterocycles. The molecule has 212 valence electrons. The van der Waals surface area contributed by atoms with Crippen LogP contribution in [0, 0.1) is 0 Å². The Kier molecular flexibility index (Phi) is 7.66. The summed E-state index contributed by atoms with van der Waals surface area (Å²) in [5, 5.41) is 13.7. The van der Waals surface area contributed by atoms with Gasteiger partial charge in [0.05, 0.1) is 31.3 Å². The minimum Gasteiger partial charge on any atom is -0.493 e. The van der Waals surface area contributed by atoms with Crippen LogP contribution in [0.2, 0.25) is 0 Å². The molecule has 2 aromatic carbocycles. The Hall–Kier alpha value is -4.12. The summed E-state index contributed by atoms with van der Waals surface area (Å²) in [5.41, 5.74) is 1.88. The molecular formula is C29H36N6O5. The van der Waals surface area contributed by atoms with Gasteiger partial charge in [0, 0.05) is 30.1 Å². The summed E-state index contributed by atoms with van der Waals surface area (Å²) in [6.45, 7) is 9.59. The number of nitrogens with one attached hydrogen (secondary N) is 1. The van der Waals surface area contributed by atoms with E-state index in [0.717, 1.165) is 35.4 Å². The number of hydrogen-bond acceptors (Lipinski definition) is 9. The Morgan fingerprint density at radius 1 is 1.05 bits per heavy atom. The first-order valence-electron chi connectivity index (χ1n) is 13.5. The minimum absolute atomic E-state index is 0.160. The lowest BCUT2D eigenvalue weighted by Crippen LogP contribution is -2.36. The van der Waals surface area contributed by atoms with E-state index in [2.05, 4.69) is 53.1 Å². The first-order chi connectivity index (χ1) is 19.3. The number of rotatable bonds is 11. The van der Waals surface area contributed by atoms with Crippen LogP contribution in [0.25, 0.3) is 10.9 Å². The van der Waals surface area contributed by atoms with Crippen LogP contribution in [-0.4, -0.2) is 51.1 Å². The highest BCUT2D eigenvalue weighted by atomic mass is 16.7. The number of ether oxygens (including phenoxy) is 4. The first-order valence-corrected chi connectivity index (χ1v) is 13.5. The van der Waals surface area contributed by atoms with Crippen LogP contribution in [0.3, 0.4) is 0 Å². The predicted molar refractivity (Wildman–Crippen MR) is 150 cm³/mol. The molecule has 0 amide bonds. The Balaban J connectivity index is 1.57. The fourth-order valence-electron chi connectivity index (χ4n) is 5.05. The largest absolute Gasteiger partial charge is 0.493 e. The van der Waals surface area contributed by atoms with E-state index in [9.17, 15) is 4.79 Å². The van der Waals surface area contributed by atoms with Crippen LogP contribution in [0.15, 0.2) is 41.2 Å². The average molecular weight is 549 g/mol. The van der Waals surface area contributed by atoms with E-state index in [1.54, 1.807) is 20.3 Å². The number of hydrogen-bond donors (Lipinski definition) is 1. The molecule has 1 N–H and O–H groups in total. The molecule has 0 radical (unpaired) electrons. The minimum atomic E-state index is -0.271. The highest BCUT2D eigenvalue weighted by molar-refractivity contribution is 5.83. The van der Waals surface area contributed by atoms with Crippen LogP contribution in [0.1, 0.15) is 63.5 Å². The summed E-state index contributed by atoms with van der Waals surface area (Å²) in [6, 6.07) is 11.3. The molecule has 0 saturated carbocycles. The first kappa shape index (κ1) is 27.4. The van der Waals surface area contributed by atoms with E-state index < -0.39 is 0 Å². The topological polar surface area (TPSA) is 117 Å². The Morgan fingerprint density at radius 2 is 1.80 bits per heavy atom. The van der Waals surface area contributed by atoms with Crippen molar-refractivity contribution in [2.24, 2.45) is 0 Å². The van der Waals surface area contributed by atoms with Gasteiger partial charge in [-0.15, -0.1) is 5.10 Å². The van der Waals surface area contributed by atoms with Crippen LogP contribution >= 0.6 is 0 Å². The van der Waals surface area contributed by atoms with E-state index in [1.807, 2.05) is 35.0 Å². The quantitative estimate of drug-likeness (QED) is 0.288. The maximum atomic E-state index is 13.4. The van der Waals surface area contributed by atoms with Crippen molar-refractivity contribution in [3.63, 3.8) is 0 Å². The van der Waals surface area contributed by atoms with Gasteiger partial charge in [0.25, 0.3) is 5.56 Å². The van der Waals surface area contributed by atoms with Gasteiger partial charge in [0.1, 0.15) is 0 Å². The van der Waals surface area contributed by atoms with Crippen LogP contribution in [0.5, 0.6) is 23.0 Å². The van der Waals surface area contributed by atoms with Crippen LogP contribution < -0.4 is 24.5 Å². The summed E-state index contributed by atoms with van der Waals surface area (Å²) < 4.78 is 24.0. The number of H-pyrrole nitrogens is 1. The molecule has 0 bridgehead atoms. The molecule has 0 aliphatic carbocycles. The van der Waals surface area contributed by atoms with Gasteiger partial charge in [-0.1, -0.05) is 19.9 Å². The molecular weight excluding hydrogens is 512 g/mol. The van der Waals surface area contributed by atoms with Crippen molar-refractivity contribution in [2.75, 3.05) is 21.0 Å². The van der Waals surface area contributed by atoms with Gasteiger partial charge in [-0.3, -0.25) is 9.69 Å². The molecule has 2 aromatic heterocycles. The van der Waals surface area contributed by atoms with Gasteiger partial charge < -0.3 is 23.9 Å². The third kappa shape index (κ3) is 5.21. The highest BCUT2D eigenvalue weighted by Crippen LogP contribution is 2.36. The zero-order chi connectivity index (χ0) is 28.4. The van der Waals surface area contributed by atoms with Gasteiger partial charge in [-0.25, -0.2) is 4.68 Å². The van der Waals surface area contributed by atoms with E-state index in [-0.39, 0.29) is 23.9 Å². The van der Waals surface area contributed by atoms with Crippen molar-refractivity contribution < 1.29 is 18.9 Å². The molecule has 4 aromatic rings. The fraction of sp³-hybridized carbons (Fsp3) is 0.448. The predicted octanol–water partition coefficient (Wildman–Crippen LogP) is 4.56. The van der Waals surface area contributed by atoms with Crippen molar-refractivity contribution in [3.05, 3.63) is 63.7 Å². The number of benzene rings is 2. The summed E-state index contributed by atoms with van der Waals surface area (Å²) in [6.07, 6.45) is 1.60. The Bertz CT molecular complexity index is 1560. The van der Waals surface area contributed by atoms with Crippen molar-refractivity contribution in [1.82, 2.24) is 30.1 Å². The smallest absolute Gasteiger partial charge is 0.252 e. The summed E-state index contributed by atoms with van der Waals surface area (Å²) in [4.78, 5) is 18.6. The number of fused-ring (bicyclic) bond motifs is 2. The lowest BCUT2D eigenvalue weighted by Gasteiger charge is -2.33. The Morgan fingerprint density at radius 3 is 2.52 bits per heavy atom. The van der Waals surface area contributed by atoms with Crippen molar-refractivity contribution in [2.45, 2.75) is 65.2 Å². The molecule has 11 heteroatoms. The van der Waals surface area contributed by atoms with E-state index >= 15 is 0 Å². The van der Waals surface area contributed by atoms with Gasteiger partial charge in [-0.2, -0.15) is 0 Å². The maximum Gasteiger partial charge on any atom is 0.252 e. The molecule has 11 nitrogen and oxygen atoms in total. The van der Waals surface area contributed by atoms with Crippen molar-refractivity contribution >= 4 is 10.9 Å². The second-order valence-electron chi connectivity index (χ2n) is 10.5. The second-order valence-corrected chi connectivity index (χ2v) is 10.5. The molecule has 0 unspecified atom stereocenters. The Labute approximate surface area is 233 Å². The lowest BCUT2D eigenvalue weighted by molar-refractivity contribution is 0.150. The SMILES string of the molecule is CC[C@@H](c1nnnn1C(C)(C)CC)N(Cc1ccc2c(c1)OCO2)Cc1cc2cc(OC)c(OC)cc2[nH]c1=O. The standard InChI is InChI=1S/C29H36N6O5/c1-7-22(27-31-32-33-35(27)29(3,4)8-2)34(15-18-9-10-23-26(11-18)40-17-39-23)16-20-12-19-13-24(37-5)25(38-6)14-21(19)30-28(20)36/h9-14,22H,7-8,15-17H2,1-6H3,(H,30,36)/t22-/m0/s1. The molecule has 3 heterocycles. The fourth-order valence-corrected chi connectivity index (χ4v) is 5.05. The molecule has 5 rings (SSSR count). The van der Waals surface area contributed by atoms with Gasteiger partial charge in [-0.05, 0) is 66.9 Å². The van der Waals surface area contributed by atoms with Crippen LogP contribution in [-0.2, 0) is 18.6 Å². The normalized spacial score (nSPS) is 13.7. The molecule has 0 spiro atoms. The third-order valence-electron chi connectivity index (χ3n) is 7.68. The lowest BCUT2D eigenvalue weighted by atomic mass is 10.0. The third-order valence-corrected chi connectivity index (χ3v) is 7.68. The molecule has 1 aliphatic rings. The zero-order valence-corrected chi connectivity index (χ0v) is 23.9. The average Bonchev–Trinajstić information content (AvgIpc) is 3.63. The summed E-state index contributed by atoms with van der Waals surface area (Å²) in [7, 11) is 3.17. The number of nitrogens with zero attached hydrogens (tertiary/aromatic N) is 5. The second kappa shape index (κ2) is 11.2. The zero-order valence-electron chi connectivity index (χ0n) is 23.9. The molecule has 0 saturated heterocycles. The maximum absolute atomic E-state index is 13.4. The van der Waals surface area contributed by atoms with Gasteiger partial charge in [0.2, 0.25) is 6.79 Å². The summed E-state index contributed by atoms with van der Waals surface area (Å²) in [5.74, 6) is 3.36. The van der Waals surface area contributed by atoms with E-state index in [1.165, 1.54) is 0 Å². The number of aromatic nitrogens is 5. The number of tetrazole rings is 1.